The van der Waals surface area contributed by atoms with Crippen molar-refractivity contribution >= 4 is 0 Å². The Hall–Kier alpha value is -1.34. The van der Waals surface area contributed by atoms with Crippen LogP contribution in [-0.2, 0) is 11.3 Å². The second-order valence-corrected chi connectivity index (χ2v) is 4.10. The van der Waals surface area contributed by atoms with E-state index in [0.717, 1.165) is 31.9 Å². The largest absolute Gasteiger partial charge is 0.380 e. The molecule has 3 heteroatoms. The maximum atomic E-state index is 5.41. The Morgan fingerprint density at radius 2 is 2.11 bits per heavy atom. The molecule has 0 saturated carbocycles. The van der Waals surface area contributed by atoms with E-state index in [4.69, 9.17) is 10.5 Å². The maximum absolute atomic E-state index is 5.41. The van der Waals surface area contributed by atoms with Gasteiger partial charge in [0.25, 0.3) is 0 Å². The first-order valence-corrected chi connectivity index (χ1v) is 6.31. The van der Waals surface area contributed by atoms with Crippen molar-refractivity contribution in [1.29, 1.82) is 0 Å². The molecule has 0 unspecified atom stereocenters. The quantitative estimate of drug-likeness (QED) is 0.610. The van der Waals surface area contributed by atoms with Gasteiger partial charge in [-0.05, 0) is 25.6 Å². The van der Waals surface area contributed by atoms with E-state index >= 15 is 0 Å². The molecule has 0 saturated heterocycles. The van der Waals surface area contributed by atoms with Gasteiger partial charge in [-0.1, -0.05) is 30.0 Å². The van der Waals surface area contributed by atoms with Crippen molar-refractivity contribution in [2.45, 2.75) is 13.5 Å². The lowest BCUT2D eigenvalue weighted by Gasteiger charge is -2.17. The molecule has 0 atom stereocenters. The first kappa shape index (κ1) is 14.7. The van der Waals surface area contributed by atoms with Crippen LogP contribution in [0.25, 0.3) is 0 Å². The van der Waals surface area contributed by atoms with Crippen molar-refractivity contribution in [3.63, 3.8) is 0 Å². The Bertz CT molecular complexity index is 406. The fourth-order valence-electron chi connectivity index (χ4n) is 1.66. The molecule has 1 aromatic rings. The van der Waals surface area contributed by atoms with Gasteiger partial charge in [-0.25, -0.2) is 0 Å². The average molecular weight is 246 g/mol. The Kier molecular flexibility index (Phi) is 7.12. The molecule has 0 aliphatic rings. The predicted molar refractivity (Wildman–Crippen MR) is 75.2 cm³/mol. The number of likely N-dealkylation sites (N-methyl/N-ethyl adjacent to an activating group) is 1. The van der Waals surface area contributed by atoms with Crippen LogP contribution < -0.4 is 5.73 Å². The summed E-state index contributed by atoms with van der Waals surface area (Å²) in [7, 11) is 2.09. The summed E-state index contributed by atoms with van der Waals surface area (Å²) in [5, 5.41) is 0. The minimum atomic E-state index is 0.397. The minimum Gasteiger partial charge on any atom is -0.380 e. The maximum Gasteiger partial charge on any atom is 0.0593 e. The Morgan fingerprint density at radius 1 is 1.33 bits per heavy atom. The Balaban J connectivity index is 2.60. The van der Waals surface area contributed by atoms with Gasteiger partial charge < -0.3 is 10.5 Å². The van der Waals surface area contributed by atoms with Crippen LogP contribution in [0.3, 0.4) is 0 Å². The van der Waals surface area contributed by atoms with Gasteiger partial charge in [0.05, 0.1) is 13.2 Å². The summed E-state index contributed by atoms with van der Waals surface area (Å²) >= 11 is 0. The molecule has 1 aromatic carbocycles. The van der Waals surface area contributed by atoms with E-state index in [2.05, 4.69) is 29.9 Å². The fourth-order valence-corrected chi connectivity index (χ4v) is 1.66. The highest BCUT2D eigenvalue weighted by atomic mass is 16.5. The van der Waals surface area contributed by atoms with E-state index in [9.17, 15) is 0 Å². The lowest BCUT2D eigenvalue weighted by molar-refractivity contribution is 0.120. The molecule has 0 aromatic heterocycles. The predicted octanol–water partition coefficient (Wildman–Crippen LogP) is 1.47. The lowest BCUT2D eigenvalue weighted by atomic mass is 10.1. The van der Waals surface area contributed by atoms with E-state index in [0.29, 0.717) is 6.54 Å². The molecule has 0 fully saturated rings. The number of benzene rings is 1. The van der Waals surface area contributed by atoms with E-state index in [1.54, 1.807) is 0 Å². The van der Waals surface area contributed by atoms with Gasteiger partial charge in [-0.2, -0.15) is 0 Å². The molecule has 0 aliphatic carbocycles. The van der Waals surface area contributed by atoms with Gasteiger partial charge in [-0.3, -0.25) is 4.90 Å². The fraction of sp³-hybridized carbons (Fsp3) is 0.467. The summed E-state index contributed by atoms with van der Waals surface area (Å²) in [5.74, 6) is 6.02. The zero-order valence-corrected chi connectivity index (χ0v) is 11.3. The summed E-state index contributed by atoms with van der Waals surface area (Å²) in [4.78, 5) is 2.23. The Labute approximate surface area is 110 Å². The molecular formula is C15H22N2O. The molecule has 0 aliphatic heterocycles. The van der Waals surface area contributed by atoms with Crippen LogP contribution in [0, 0.1) is 11.8 Å². The highest BCUT2D eigenvalue weighted by molar-refractivity contribution is 5.41. The van der Waals surface area contributed by atoms with Crippen LogP contribution in [0.4, 0.5) is 0 Å². The summed E-state index contributed by atoms with van der Waals surface area (Å²) in [5.41, 5.74) is 7.70. The second kappa shape index (κ2) is 8.71. The number of nitrogens with zero attached hydrogens (tertiary/aromatic N) is 1. The number of hydrogen-bond donors (Lipinski definition) is 1. The van der Waals surface area contributed by atoms with Gasteiger partial charge in [-0.15, -0.1) is 0 Å². The first-order chi connectivity index (χ1) is 8.77. The van der Waals surface area contributed by atoms with Gasteiger partial charge >= 0.3 is 0 Å². The lowest BCUT2D eigenvalue weighted by Crippen LogP contribution is -2.23. The normalized spacial score (nSPS) is 10.2. The number of nitrogens with two attached hydrogens (primary N) is 1. The molecule has 0 heterocycles. The van der Waals surface area contributed by atoms with Gasteiger partial charge in [0.15, 0.2) is 0 Å². The first-order valence-electron chi connectivity index (χ1n) is 6.31. The third kappa shape index (κ3) is 5.33. The topological polar surface area (TPSA) is 38.5 Å². The second-order valence-electron chi connectivity index (χ2n) is 4.10. The third-order valence-electron chi connectivity index (χ3n) is 2.60. The van der Waals surface area contributed by atoms with Crippen LogP contribution in [0.2, 0.25) is 0 Å². The average Bonchev–Trinajstić information content (AvgIpc) is 2.38. The van der Waals surface area contributed by atoms with Crippen molar-refractivity contribution in [1.82, 2.24) is 4.90 Å². The highest BCUT2D eigenvalue weighted by Gasteiger charge is 2.03. The van der Waals surface area contributed by atoms with Gasteiger partial charge in [0, 0.05) is 25.3 Å². The summed E-state index contributed by atoms with van der Waals surface area (Å²) in [6.07, 6.45) is 0. The van der Waals surface area contributed by atoms with Crippen LogP contribution in [-0.4, -0.2) is 38.3 Å². The zero-order chi connectivity index (χ0) is 13.2. The zero-order valence-electron chi connectivity index (χ0n) is 11.3. The standard InChI is InChI=1S/C15H22N2O/c1-3-18-12-11-17(2)13-15-8-5-4-7-14(15)9-6-10-16/h4-5,7-8H,3,10-13,16H2,1-2H3. The monoisotopic (exact) mass is 246 g/mol. The van der Waals surface area contributed by atoms with Crippen molar-refractivity contribution in [3.05, 3.63) is 35.4 Å². The van der Waals surface area contributed by atoms with Crippen LogP contribution >= 0.6 is 0 Å². The van der Waals surface area contributed by atoms with E-state index < -0.39 is 0 Å². The van der Waals surface area contributed by atoms with Crippen molar-refractivity contribution in [2.75, 3.05) is 33.4 Å². The molecule has 0 bridgehead atoms. The van der Waals surface area contributed by atoms with Crippen LogP contribution in [0.15, 0.2) is 24.3 Å². The van der Waals surface area contributed by atoms with Crippen LogP contribution in [0.5, 0.6) is 0 Å². The third-order valence-corrected chi connectivity index (χ3v) is 2.60. The Morgan fingerprint density at radius 3 is 2.83 bits per heavy atom. The molecule has 3 nitrogen and oxygen atoms in total. The SMILES string of the molecule is CCOCCN(C)Cc1ccccc1C#CCN. The minimum absolute atomic E-state index is 0.397. The van der Waals surface area contributed by atoms with Crippen molar-refractivity contribution < 1.29 is 4.74 Å². The molecule has 98 valence electrons. The number of hydrogen-bond acceptors (Lipinski definition) is 3. The van der Waals surface area contributed by atoms with Gasteiger partial charge in [0.1, 0.15) is 0 Å². The molecule has 2 N–H and O–H groups in total. The molecule has 0 amide bonds. The molecule has 0 radical (unpaired) electrons. The molecule has 1 rings (SSSR count). The molecule has 18 heavy (non-hydrogen) atoms. The summed E-state index contributed by atoms with van der Waals surface area (Å²) in [6.45, 7) is 5.75. The van der Waals surface area contributed by atoms with Crippen molar-refractivity contribution in [3.8, 4) is 11.8 Å². The number of rotatable bonds is 6. The van der Waals surface area contributed by atoms with E-state index in [1.807, 2.05) is 25.1 Å². The summed E-state index contributed by atoms with van der Waals surface area (Å²) < 4.78 is 5.35. The molecular weight excluding hydrogens is 224 g/mol. The van der Waals surface area contributed by atoms with Crippen LogP contribution in [0.1, 0.15) is 18.1 Å². The summed E-state index contributed by atoms with van der Waals surface area (Å²) in [6, 6.07) is 8.19. The smallest absolute Gasteiger partial charge is 0.0593 e. The number of ether oxygens (including phenoxy) is 1. The van der Waals surface area contributed by atoms with E-state index in [1.165, 1.54) is 5.56 Å². The van der Waals surface area contributed by atoms with Crippen molar-refractivity contribution in [2.24, 2.45) is 5.73 Å². The molecule has 0 spiro atoms. The highest BCUT2D eigenvalue weighted by Crippen LogP contribution is 2.09. The van der Waals surface area contributed by atoms with E-state index in [-0.39, 0.29) is 0 Å². The van der Waals surface area contributed by atoms with Gasteiger partial charge in [0.2, 0.25) is 0 Å².